The van der Waals surface area contributed by atoms with E-state index in [1.807, 2.05) is 12.5 Å². The van der Waals surface area contributed by atoms with Crippen LogP contribution < -0.4 is 11.5 Å². The van der Waals surface area contributed by atoms with Crippen molar-refractivity contribution in [1.82, 2.24) is 4.98 Å². The van der Waals surface area contributed by atoms with Gasteiger partial charge in [-0.1, -0.05) is 60.1 Å². The molecule has 5 N–H and O–H groups in total. The number of thiazole rings is 1. The zero-order valence-electron chi connectivity index (χ0n) is 29.8. The van der Waals surface area contributed by atoms with Crippen molar-refractivity contribution in [2.24, 2.45) is 73.1 Å². The van der Waals surface area contributed by atoms with Gasteiger partial charge in [0.2, 0.25) is 0 Å². The third-order valence-electron chi connectivity index (χ3n) is 14.8. The maximum absolute atomic E-state index is 13.4. The molecule has 1 saturated heterocycles. The fourth-order valence-corrected chi connectivity index (χ4v) is 12.6. The average Bonchev–Trinajstić information content (AvgIpc) is 3.46. The fraction of sp³-hybridized carbons (Fsp3) is 0.811. The van der Waals surface area contributed by atoms with Crippen LogP contribution in [0.1, 0.15) is 97.7 Å². The van der Waals surface area contributed by atoms with Crippen LogP contribution in [0.15, 0.2) is 22.0 Å². The number of carbonyl (C=O) groups is 1. The van der Waals surface area contributed by atoms with Crippen molar-refractivity contribution in [1.29, 1.82) is 0 Å². The van der Waals surface area contributed by atoms with Gasteiger partial charge in [0.25, 0.3) is 0 Å². The molecular weight excluding hydrogens is 612 g/mol. The second kappa shape index (κ2) is 12.1. The highest BCUT2D eigenvalue weighted by atomic mass is 32.1. The summed E-state index contributed by atoms with van der Waals surface area (Å²) >= 11 is 1.53. The second-order valence-corrected chi connectivity index (χ2v) is 18.0. The number of nitrogens with two attached hydrogens (primary N) is 2. The van der Waals surface area contributed by atoms with Gasteiger partial charge in [-0.2, -0.15) is 0 Å². The van der Waals surface area contributed by atoms with Gasteiger partial charge in [-0.25, -0.2) is 9.98 Å². The summed E-state index contributed by atoms with van der Waals surface area (Å²) in [6.07, 6.45) is 8.08. The highest BCUT2D eigenvalue weighted by molar-refractivity contribution is 7.09. The Morgan fingerprint density at radius 2 is 1.89 bits per heavy atom. The second-order valence-electron chi connectivity index (χ2n) is 17.0. The number of methoxy groups -OCH3 is 1. The van der Waals surface area contributed by atoms with Gasteiger partial charge in [-0.05, 0) is 78.4 Å². The van der Waals surface area contributed by atoms with Crippen LogP contribution in [0.3, 0.4) is 0 Å². The first-order valence-electron chi connectivity index (χ1n) is 17.7. The predicted octanol–water partition coefficient (Wildman–Crippen LogP) is 6.41. The average molecular weight is 671 g/mol. The summed E-state index contributed by atoms with van der Waals surface area (Å²) in [6, 6.07) is 0. The SMILES string of the molecule is CO[C@@H]1C[C@@]23COC[C@](C)([C@@H]2CC[C@H]2C3=CC[C@@]3(C)[C@H](C(=O)O)[C@@](C)([C@H](C)C(C)C)CC[C@]23C)[C@H]1OCc1csc(CN=C(N)N)n1. The van der Waals surface area contributed by atoms with Crippen molar-refractivity contribution in [3.8, 4) is 0 Å². The van der Waals surface area contributed by atoms with Crippen LogP contribution in [0.2, 0.25) is 0 Å². The van der Waals surface area contributed by atoms with Crippen molar-refractivity contribution in [3.05, 3.63) is 27.7 Å². The number of aliphatic carboxylic acids is 1. The van der Waals surface area contributed by atoms with E-state index >= 15 is 0 Å². The van der Waals surface area contributed by atoms with Crippen LogP contribution in [0.25, 0.3) is 0 Å². The predicted molar refractivity (Wildman–Crippen MR) is 185 cm³/mol. The van der Waals surface area contributed by atoms with Gasteiger partial charge < -0.3 is 30.8 Å². The Bertz CT molecular complexity index is 1420. The maximum Gasteiger partial charge on any atom is 0.307 e. The third kappa shape index (κ3) is 5.13. The molecule has 1 aliphatic heterocycles. The number of carboxylic acid groups (broad SMARTS) is 1. The smallest absolute Gasteiger partial charge is 0.307 e. The molecule has 0 spiro atoms. The summed E-state index contributed by atoms with van der Waals surface area (Å²) in [5.41, 5.74) is 12.4. The third-order valence-corrected chi connectivity index (χ3v) is 15.7. The number of rotatable bonds is 9. The summed E-state index contributed by atoms with van der Waals surface area (Å²) in [4.78, 5) is 22.2. The number of hydrogen-bond acceptors (Lipinski definition) is 7. The van der Waals surface area contributed by atoms with E-state index in [2.05, 4.69) is 59.5 Å². The minimum atomic E-state index is -0.619. The van der Waals surface area contributed by atoms with E-state index in [9.17, 15) is 9.90 Å². The molecule has 4 fully saturated rings. The summed E-state index contributed by atoms with van der Waals surface area (Å²) < 4.78 is 19.7. The van der Waals surface area contributed by atoms with Crippen LogP contribution in [-0.4, -0.2) is 54.6 Å². The molecule has 1 aromatic rings. The normalized spacial score (nSPS) is 43.3. The molecular formula is C37H58N4O5S. The van der Waals surface area contributed by atoms with Crippen molar-refractivity contribution >= 4 is 23.3 Å². The summed E-state index contributed by atoms with van der Waals surface area (Å²) in [5, 5.41) is 13.8. The molecule has 262 valence electrons. The van der Waals surface area contributed by atoms with Crippen molar-refractivity contribution in [3.63, 3.8) is 0 Å². The van der Waals surface area contributed by atoms with E-state index in [0.717, 1.165) is 49.2 Å². The molecule has 2 bridgehead atoms. The number of aliphatic imine (C=N–C) groups is 1. The highest BCUT2D eigenvalue weighted by Gasteiger charge is 2.71. The topological polar surface area (TPSA) is 142 Å². The Morgan fingerprint density at radius 3 is 2.55 bits per heavy atom. The standard InChI is InChI=1S/C37H58N4O5S/c1-21(2)22(3)33(4)13-14-35(6)24-9-10-27-34(5)19-45-20-37(27,25(24)11-12-36(35,7)29(33)31(42)43)15-26(44-8)30(34)46-17-23-18-47-28(41-23)16-40-32(38)39/h11,18,21-22,24,26-27,29-30H,9-10,12-17,19-20H2,1-8H3,(H,42,43)(H4,38,39,40)/t22-,24+,26-,27+,29-,30+,33-,34-,35-,36+,37+/m1/s1. The Hall–Kier alpha value is -2.01. The summed E-state index contributed by atoms with van der Waals surface area (Å²) in [7, 11) is 1.82. The molecule has 2 heterocycles. The van der Waals surface area contributed by atoms with Gasteiger partial charge in [0.05, 0.1) is 50.2 Å². The first-order valence-corrected chi connectivity index (χ1v) is 18.6. The number of hydrogen-bond donors (Lipinski definition) is 3. The Labute approximate surface area is 285 Å². The van der Waals surface area contributed by atoms with E-state index < -0.39 is 11.9 Å². The number of fused-ring (bicyclic) bond motifs is 3. The molecule has 6 rings (SSSR count). The molecule has 0 unspecified atom stereocenters. The molecule has 1 aromatic heterocycles. The number of aromatic nitrogens is 1. The van der Waals surface area contributed by atoms with Gasteiger partial charge in [0.15, 0.2) is 5.96 Å². The molecule has 0 radical (unpaired) electrons. The van der Waals surface area contributed by atoms with Crippen LogP contribution >= 0.6 is 11.3 Å². The van der Waals surface area contributed by atoms with Gasteiger partial charge in [0, 0.05) is 23.3 Å². The van der Waals surface area contributed by atoms with E-state index in [-0.39, 0.29) is 45.2 Å². The lowest BCUT2D eigenvalue weighted by molar-refractivity contribution is -0.269. The minimum absolute atomic E-state index is 0.0580. The lowest BCUT2D eigenvalue weighted by Crippen LogP contribution is -2.70. The zero-order chi connectivity index (χ0) is 34.2. The molecule has 0 aromatic carbocycles. The Balaban J connectivity index is 1.32. The van der Waals surface area contributed by atoms with Gasteiger partial charge in [-0.3, -0.25) is 4.79 Å². The van der Waals surface area contributed by atoms with Gasteiger partial charge in [0.1, 0.15) is 5.01 Å². The maximum atomic E-state index is 13.4. The molecule has 11 atom stereocenters. The fourth-order valence-electron chi connectivity index (χ4n) is 11.9. The zero-order valence-corrected chi connectivity index (χ0v) is 30.6. The number of nitrogens with zero attached hydrogens (tertiary/aromatic N) is 2. The lowest BCUT2D eigenvalue weighted by Gasteiger charge is -2.71. The van der Waals surface area contributed by atoms with E-state index in [0.29, 0.717) is 50.0 Å². The number of guanidine groups is 1. The largest absolute Gasteiger partial charge is 0.481 e. The van der Waals surface area contributed by atoms with Crippen molar-refractivity contribution < 1.29 is 24.1 Å². The first-order chi connectivity index (χ1) is 22.1. The molecule has 10 heteroatoms. The van der Waals surface area contributed by atoms with Crippen LogP contribution in [-0.2, 0) is 32.2 Å². The molecule has 9 nitrogen and oxygen atoms in total. The molecule has 3 saturated carbocycles. The molecule has 47 heavy (non-hydrogen) atoms. The van der Waals surface area contributed by atoms with Crippen molar-refractivity contribution in [2.45, 2.75) is 112 Å². The molecule has 4 aliphatic carbocycles. The van der Waals surface area contributed by atoms with Gasteiger partial charge >= 0.3 is 5.97 Å². The highest BCUT2D eigenvalue weighted by Crippen LogP contribution is 2.75. The number of carboxylic acids is 1. The minimum Gasteiger partial charge on any atom is -0.481 e. The lowest BCUT2D eigenvalue weighted by atomic mass is 9.34. The summed E-state index contributed by atoms with van der Waals surface area (Å²) in [5.74, 6) is 0.527. The van der Waals surface area contributed by atoms with E-state index in [4.69, 9.17) is 30.7 Å². The quantitative estimate of drug-likeness (QED) is 0.156. The Morgan fingerprint density at radius 1 is 1.15 bits per heavy atom. The van der Waals surface area contributed by atoms with E-state index in [1.54, 1.807) is 0 Å². The molecule has 5 aliphatic rings. The first kappa shape index (κ1) is 34.8. The van der Waals surface area contributed by atoms with Crippen LogP contribution in [0, 0.1) is 56.7 Å². The van der Waals surface area contributed by atoms with Crippen LogP contribution in [0.5, 0.6) is 0 Å². The monoisotopic (exact) mass is 670 g/mol. The number of allylic oxidation sites excluding steroid dienone is 1. The van der Waals surface area contributed by atoms with Crippen LogP contribution in [0.4, 0.5) is 0 Å². The van der Waals surface area contributed by atoms with E-state index in [1.165, 1.54) is 16.9 Å². The summed E-state index contributed by atoms with van der Waals surface area (Å²) in [6.45, 7) is 18.3. The van der Waals surface area contributed by atoms with Crippen molar-refractivity contribution in [2.75, 3.05) is 20.3 Å². The number of ether oxygens (including phenoxy) is 3. The molecule has 0 amide bonds. The van der Waals surface area contributed by atoms with Gasteiger partial charge in [-0.15, -0.1) is 11.3 Å². The Kier molecular flexibility index (Phi) is 8.96.